The number of anilines is 1. The molecule has 4 aromatic carbocycles. The van der Waals surface area contributed by atoms with E-state index in [2.05, 4.69) is 54.0 Å². The van der Waals surface area contributed by atoms with Crippen LogP contribution in [0.25, 0.3) is 32.9 Å². The second-order valence-corrected chi connectivity index (χ2v) is 22.2. The van der Waals surface area contributed by atoms with E-state index in [1.807, 2.05) is 13.8 Å². The lowest BCUT2D eigenvalue weighted by Crippen LogP contribution is -2.53. The average molecular weight is 1000 g/mol. The fourth-order valence-electron chi connectivity index (χ4n) is 12.6. The molecule has 7 heterocycles. The van der Waals surface area contributed by atoms with Crippen molar-refractivity contribution in [1.82, 2.24) is 39.9 Å². The van der Waals surface area contributed by atoms with Gasteiger partial charge in [0.15, 0.2) is 5.82 Å². The smallest absolute Gasteiger partial charge is 0.319 e. The lowest BCUT2D eigenvalue weighted by molar-refractivity contribution is 0.0482. The van der Waals surface area contributed by atoms with E-state index >= 15 is 8.78 Å². The van der Waals surface area contributed by atoms with Crippen LogP contribution in [0.4, 0.5) is 14.6 Å². The van der Waals surface area contributed by atoms with Crippen LogP contribution in [0.1, 0.15) is 90.0 Å². The van der Waals surface area contributed by atoms with E-state index in [0.717, 1.165) is 109 Å². The lowest BCUT2D eigenvalue weighted by atomic mass is 9.95. The van der Waals surface area contributed by atoms with Gasteiger partial charge in [0.25, 0.3) is 5.91 Å². The number of pyridine rings is 1. The molecule has 1 amide bonds. The Hall–Kier alpha value is -6.64. The molecule has 5 aliphatic heterocycles. The molecular formula is C58H63F2N9O5. The Bertz CT molecular complexity index is 3220. The molecule has 384 valence electrons. The number of hydrogen-bond donors (Lipinski definition) is 4. The number of terminal acetylenes is 1. The Morgan fingerprint density at radius 2 is 1.72 bits per heavy atom. The Morgan fingerprint density at radius 1 is 0.919 bits per heavy atom. The van der Waals surface area contributed by atoms with Gasteiger partial charge in [0.1, 0.15) is 40.1 Å². The zero-order valence-corrected chi connectivity index (χ0v) is 42.1. The monoisotopic (exact) mass is 1000 g/mol. The van der Waals surface area contributed by atoms with E-state index in [4.69, 9.17) is 21.1 Å². The largest absolute Gasteiger partial charge is 0.508 e. The lowest BCUT2D eigenvalue weighted by Gasteiger charge is -2.43. The van der Waals surface area contributed by atoms with Crippen molar-refractivity contribution in [2.75, 3.05) is 77.0 Å². The zero-order chi connectivity index (χ0) is 51.0. The molecule has 1 saturated carbocycles. The maximum Gasteiger partial charge on any atom is 0.319 e. The Kier molecular flexibility index (Phi) is 12.6. The zero-order valence-electron chi connectivity index (χ0n) is 42.1. The highest BCUT2D eigenvalue weighted by Crippen LogP contribution is 2.47. The summed E-state index contributed by atoms with van der Waals surface area (Å²) in [6.07, 6.45) is 12.7. The number of benzene rings is 4. The highest BCUT2D eigenvalue weighted by Gasteiger charge is 2.46. The minimum Gasteiger partial charge on any atom is -0.508 e. The van der Waals surface area contributed by atoms with Gasteiger partial charge < -0.3 is 40.1 Å². The van der Waals surface area contributed by atoms with E-state index in [1.54, 1.807) is 17.2 Å². The number of rotatable bonds is 12. The van der Waals surface area contributed by atoms with Crippen molar-refractivity contribution < 1.29 is 33.6 Å². The minimum atomic E-state index is -0.725. The average Bonchev–Trinajstić information content (AvgIpc) is 3.90. The molecule has 2 bridgehead atoms. The first-order valence-electron chi connectivity index (χ1n) is 26.3. The quantitative estimate of drug-likeness (QED) is 0.0886. The maximum atomic E-state index is 17.2. The van der Waals surface area contributed by atoms with Gasteiger partial charge in [-0.1, -0.05) is 44.0 Å². The first-order chi connectivity index (χ1) is 35.8. The number of amides is 1. The highest BCUT2D eigenvalue weighted by atomic mass is 19.1. The number of piperazine rings is 1. The summed E-state index contributed by atoms with van der Waals surface area (Å²) >= 11 is 0. The van der Waals surface area contributed by atoms with Crippen LogP contribution in [0.5, 0.6) is 23.3 Å². The number of hydrogen-bond acceptors (Lipinski definition) is 13. The number of nitrogens with one attached hydrogen (secondary N) is 1. The first kappa shape index (κ1) is 48.3. The predicted molar refractivity (Wildman–Crippen MR) is 279 cm³/mol. The second kappa shape index (κ2) is 19.2. The third kappa shape index (κ3) is 9.22. The van der Waals surface area contributed by atoms with Gasteiger partial charge >= 0.3 is 6.01 Å². The molecule has 1 aliphatic carbocycles. The Balaban J connectivity index is 0.670. The molecule has 2 unspecified atom stereocenters. The number of carbonyl (C=O) groups excluding carboxylic acids is 1. The summed E-state index contributed by atoms with van der Waals surface area (Å²) in [6.45, 7) is 15.5. The standard InChI is InChI=1S/C58H63F2N9O5/c1-4-43-48(59)8-7-37-21-42(70)22-46(51(37)43)53-52(60)54-47(26-62-53)55(68-28-36-20-40(31-68)61-25-36)64-57(63-54)74-33-58(11-12-58)32-66-13-9-41(10-14-66)67-17-15-65(16-18-67)27-35-5-6-38-29-69(30-39(38)19-35)56(73)45-23-44(34(2)3)49(71)24-50(45)72/h1,5-8,19,21-24,26,34,36,40-41,61,70-72H,9-18,20,25,27-33H2,2-3H3. The molecule has 5 fully saturated rings. The SMILES string of the molecule is C#Cc1c(F)ccc2cc(O)cc(-c3ncc4c(N5CC6CNC(C6)C5)nc(OCC5(CN6CCC(N7CCN(Cc8ccc9c(c8)CN(C(=O)c8cc(C(C)C)c(O)cc8O)C9)CC7)CC6)CC5)nc4c3F)c12. The van der Waals surface area contributed by atoms with Crippen LogP contribution in [-0.4, -0.2) is 140 Å². The molecule has 74 heavy (non-hydrogen) atoms. The minimum absolute atomic E-state index is 0.000406. The van der Waals surface area contributed by atoms with Gasteiger partial charge in [0.2, 0.25) is 0 Å². The van der Waals surface area contributed by atoms with Crippen molar-refractivity contribution in [2.45, 2.75) is 83.6 Å². The molecule has 6 aromatic rings. The number of aromatic nitrogens is 3. The summed E-state index contributed by atoms with van der Waals surface area (Å²) in [5.41, 5.74) is 4.41. The number of halogens is 2. The van der Waals surface area contributed by atoms with Crippen molar-refractivity contribution in [2.24, 2.45) is 11.3 Å². The van der Waals surface area contributed by atoms with Gasteiger partial charge in [0, 0.05) is 113 Å². The van der Waals surface area contributed by atoms with E-state index in [9.17, 15) is 20.1 Å². The molecule has 0 spiro atoms. The van der Waals surface area contributed by atoms with Gasteiger partial charge in [-0.3, -0.25) is 19.6 Å². The summed E-state index contributed by atoms with van der Waals surface area (Å²) < 4.78 is 38.8. The fourth-order valence-corrected chi connectivity index (χ4v) is 12.6. The summed E-state index contributed by atoms with van der Waals surface area (Å²) in [6, 6.07) is 16.0. The van der Waals surface area contributed by atoms with Crippen molar-refractivity contribution in [3.05, 3.63) is 106 Å². The molecule has 2 atom stereocenters. The predicted octanol–water partition coefficient (Wildman–Crippen LogP) is 7.74. The second-order valence-electron chi connectivity index (χ2n) is 22.2. The molecule has 16 heteroatoms. The van der Waals surface area contributed by atoms with Gasteiger partial charge in [-0.15, -0.1) is 6.42 Å². The van der Waals surface area contributed by atoms with E-state index in [0.29, 0.717) is 66.4 Å². The number of piperidine rings is 2. The first-order valence-corrected chi connectivity index (χ1v) is 26.3. The van der Waals surface area contributed by atoms with Gasteiger partial charge in [-0.05, 0) is 109 Å². The molecular weight excluding hydrogens is 941 g/mol. The normalized spacial score (nSPS) is 21.2. The van der Waals surface area contributed by atoms with Crippen LogP contribution in [-0.2, 0) is 19.6 Å². The van der Waals surface area contributed by atoms with E-state index < -0.39 is 11.6 Å². The topological polar surface area (TPSA) is 154 Å². The number of nitrogens with zero attached hydrogens (tertiary/aromatic N) is 8. The Morgan fingerprint density at radius 3 is 2.47 bits per heavy atom. The number of ether oxygens (including phenoxy) is 1. The molecule has 6 aliphatic rings. The summed E-state index contributed by atoms with van der Waals surface area (Å²) in [5, 5.41) is 36.4. The maximum absolute atomic E-state index is 17.2. The summed E-state index contributed by atoms with van der Waals surface area (Å²) in [4.78, 5) is 39.6. The molecule has 2 aromatic heterocycles. The molecule has 4 N–H and O–H groups in total. The van der Waals surface area contributed by atoms with Crippen molar-refractivity contribution in [3.63, 3.8) is 0 Å². The van der Waals surface area contributed by atoms with Gasteiger partial charge in [-0.2, -0.15) is 9.97 Å². The summed E-state index contributed by atoms with van der Waals surface area (Å²) in [5.74, 6) is 1.53. The van der Waals surface area contributed by atoms with E-state index in [-0.39, 0.29) is 73.8 Å². The number of carbonyl (C=O) groups is 1. The van der Waals surface area contributed by atoms with Crippen molar-refractivity contribution >= 4 is 33.4 Å². The fraction of sp³-hybridized carbons (Fsp3) is 0.448. The van der Waals surface area contributed by atoms with Crippen LogP contribution in [0.2, 0.25) is 0 Å². The summed E-state index contributed by atoms with van der Waals surface area (Å²) in [7, 11) is 0. The van der Waals surface area contributed by atoms with Crippen LogP contribution in [0.3, 0.4) is 0 Å². The Labute approximate surface area is 430 Å². The third-order valence-corrected chi connectivity index (χ3v) is 16.8. The molecule has 4 saturated heterocycles. The van der Waals surface area contributed by atoms with Crippen LogP contribution >= 0.6 is 0 Å². The van der Waals surface area contributed by atoms with Gasteiger partial charge in [-0.25, -0.2) is 8.78 Å². The van der Waals surface area contributed by atoms with Crippen molar-refractivity contribution in [3.8, 4) is 46.9 Å². The number of aromatic hydroxyl groups is 3. The van der Waals surface area contributed by atoms with E-state index in [1.165, 1.54) is 35.9 Å². The molecule has 0 radical (unpaired) electrons. The molecule has 12 rings (SSSR count). The number of phenols is 3. The van der Waals surface area contributed by atoms with Crippen LogP contribution < -0.4 is 15.0 Å². The highest BCUT2D eigenvalue weighted by molar-refractivity contribution is 6.03. The third-order valence-electron chi connectivity index (χ3n) is 16.8. The van der Waals surface area contributed by atoms with Crippen LogP contribution in [0, 0.1) is 35.3 Å². The number of fused-ring (bicyclic) bond motifs is 5. The van der Waals surface area contributed by atoms with Crippen LogP contribution in [0.15, 0.2) is 60.8 Å². The molecule has 14 nitrogen and oxygen atoms in total. The number of likely N-dealkylation sites (tertiary alicyclic amines) is 1. The number of phenolic OH excluding ortho intramolecular Hbond substituents is 3. The van der Waals surface area contributed by atoms with Crippen molar-refractivity contribution in [1.29, 1.82) is 0 Å². The van der Waals surface area contributed by atoms with Gasteiger partial charge in [0.05, 0.1) is 23.1 Å².